The summed E-state index contributed by atoms with van der Waals surface area (Å²) in [6, 6.07) is 9.47. The van der Waals surface area contributed by atoms with Crippen LogP contribution in [0.15, 0.2) is 64.7 Å². The number of benzene rings is 2. The Kier molecular flexibility index (Phi) is 10.3. The molecule has 2 saturated heterocycles. The Hall–Kier alpha value is -4.22. The molecule has 17 heteroatoms. The molecule has 3 atom stereocenters. The molecule has 14 nitrogen and oxygen atoms in total. The fraction of sp³-hybridized carbons (Fsp3) is 0.353. The Morgan fingerprint density at radius 3 is 2.31 bits per heavy atom. The van der Waals surface area contributed by atoms with Crippen LogP contribution < -0.4 is 50.3 Å². The number of β-lactam (4-membered cyclic amide) rings is 1. The van der Waals surface area contributed by atoms with E-state index in [1.54, 1.807) is 28.8 Å². The molecular weight excluding hydrogens is 696 g/mol. The van der Waals surface area contributed by atoms with Gasteiger partial charge in [-0.2, -0.15) is 0 Å². The number of anilines is 1. The molecule has 0 spiro atoms. The molecule has 7 rings (SSSR count). The van der Waals surface area contributed by atoms with Gasteiger partial charge in [-0.25, -0.2) is 9.18 Å². The molecule has 3 aliphatic heterocycles. The van der Waals surface area contributed by atoms with Gasteiger partial charge in [0.25, 0.3) is 5.91 Å². The predicted octanol–water partition coefficient (Wildman–Crippen LogP) is -2.43. The molecule has 2 amide bonds. The first-order valence-electron chi connectivity index (χ1n) is 16.0. The standard InChI is InChI=1S/C34H32FN5O9S.Na/c35-22-12-20-23(39(19-6-7-19)15-21(28(20)41)32(44)45)13-24(22)38-10-8-37(9-11-38)14-18-16-50-31-26(30(43)40(31)27(18)34(48)49)36-29(42)25(33(46)47)17-4-2-1-3-5-17;/h1-5,12-13,15,19,25-26,31H,6-11,14,16H2,(H,36,42)(H,44,45)(H,46,47)(H,48,49);/q;+1/p-1/t25?,26-,31-;/m1./s1. The second kappa shape index (κ2) is 14.4. The fourth-order valence-corrected chi connectivity index (χ4v) is 8.24. The Labute approximate surface area is 316 Å². The molecule has 1 aromatic heterocycles. The van der Waals surface area contributed by atoms with Crippen molar-refractivity contribution < 1.29 is 73.2 Å². The van der Waals surface area contributed by atoms with Crippen LogP contribution in [0, 0.1) is 5.82 Å². The molecule has 4 heterocycles. The minimum absolute atomic E-state index is 0. The van der Waals surface area contributed by atoms with Gasteiger partial charge in [0.05, 0.1) is 22.9 Å². The molecule has 2 aromatic carbocycles. The summed E-state index contributed by atoms with van der Waals surface area (Å²) in [7, 11) is 0. The quantitative estimate of drug-likeness (QED) is 0.114. The molecule has 0 bridgehead atoms. The van der Waals surface area contributed by atoms with Gasteiger partial charge in [0, 0.05) is 56.1 Å². The van der Waals surface area contributed by atoms with Gasteiger partial charge in [-0.05, 0) is 36.1 Å². The summed E-state index contributed by atoms with van der Waals surface area (Å²) in [4.78, 5) is 79.8. The third-order valence-electron chi connectivity index (χ3n) is 9.58. The number of thioether (sulfide) groups is 1. The van der Waals surface area contributed by atoms with Gasteiger partial charge in [0.15, 0.2) is 5.92 Å². The minimum Gasteiger partial charge on any atom is -0.543 e. The number of carboxylic acids is 3. The van der Waals surface area contributed by atoms with Crippen molar-refractivity contribution in [2.24, 2.45) is 0 Å². The second-order valence-corrected chi connectivity index (χ2v) is 13.8. The van der Waals surface area contributed by atoms with E-state index in [-0.39, 0.29) is 70.2 Å². The van der Waals surface area contributed by atoms with Crippen LogP contribution in [0.2, 0.25) is 0 Å². The van der Waals surface area contributed by atoms with Crippen molar-refractivity contribution in [1.82, 2.24) is 19.7 Å². The Morgan fingerprint density at radius 1 is 1.02 bits per heavy atom. The van der Waals surface area contributed by atoms with Crippen molar-refractivity contribution in [2.45, 2.75) is 36.2 Å². The molecule has 4 aliphatic rings. The number of aromatic carboxylic acids is 1. The molecule has 0 radical (unpaired) electrons. The molecule has 3 N–H and O–H groups in total. The zero-order valence-corrected chi connectivity index (χ0v) is 30.2. The molecule has 260 valence electrons. The monoisotopic (exact) mass is 727 g/mol. The van der Waals surface area contributed by atoms with Gasteiger partial charge in [0.2, 0.25) is 11.3 Å². The van der Waals surface area contributed by atoms with E-state index in [1.807, 2.05) is 9.80 Å². The molecule has 3 aromatic rings. The van der Waals surface area contributed by atoms with Gasteiger partial charge in [-0.3, -0.25) is 29.0 Å². The van der Waals surface area contributed by atoms with Crippen LogP contribution in [-0.4, -0.2) is 104 Å². The minimum atomic E-state index is -1.55. The number of carbonyl (C=O) groups excluding carboxylic acids is 3. The van der Waals surface area contributed by atoms with Crippen LogP contribution in [0.3, 0.4) is 0 Å². The van der Waals surface area contributed by atoms with E-state index < -0.39 is 63.9 Å². The number of carboxylic acid groups (broad SMARTS) is 3. The van der Waals surface area contributed by atoms with Gasteiger partial charge >= 0.3 is 41.5 Å². The van der Waals surface area contributed by atoms with E-state index in [1.165, 1.54) is 30.1 Å². The molecule has 1 aliphatic carbocycles. The largest absolute Gasteiger partial charge is 1.00 e. The predicted molar refractivity (Wildman–Crippen MR) is 176 cm³/mol. The number of halogens is 1. The zero-order valence-electron chi connectivity index (χ0n) is 27.4. The zero-order chi connectivity index (χ0) is 35.4. The average molecular weight is 728 g/mol. The number of hydrogen-bond acceptors (Lipinski definition) is 10. The molecule has 1 unspecified atom stereocenters. The third-order valence-corrected chi connectivity index (χ3v) is 10.9. The smallest absolute Gasteiger partial charge is 0.543 e. The summed E-state index contributed by atoms with van der Waals surface area (Å²) in [5.74, 6) is -7.83. The number of pyridine rings is 1. The summed E-state index contributed by atoms with van der Waals surface area (Å²) in [5, 5.41) is 33.3. The fourth-order valence-electron chi connectivity index (χ4n) is 6.91. The van der Waals surface area contributed by atoms with Crippen LogP contribution in [0.25, 0.3) is 10.9 Å². The summed E-state index contributed by atoms with van der Waals surface area (Å²) in [6.07, 6.45) is 2.97. The molecule has 1 saturated carbocycles. The van der Waals surface area contributed by atoms with E-state index in [2.05, 4.69) is 5.32 Å². The molecular formula is C34H31FN5NaO9S. The van der Waals surface area contributed by atoms with Crippen LogP contribution >= 0.6 is 11.8 Å². The number of piperazine rings is 1. The summed E-state index contributed by atoms with van der Waals surface area (Å²) in [6.45, 7) is 1.79. The van der Waals surface area contributed by atoms with E-state index in [0.29, 0.717) is 37.3 Å². The van der Waals surface area contributed by atoms with E-state index in [4.69, 9.17) is 0 Å². The summed E-state index contributed by atoms with van der Waals surface area (Å²) < 4.78 is 17.2. The maximum absolute atomic E-state index is 15.5. The van der Waals surface area contributed by atoms with Crippen molar-refractivity contribution in [3.63, 3.8) is 0 Å². The first kappa shape index (κ1) is 36.6. The van der Waals surface area contributed by atoms with Crippen molar-refractivity contribution in [3.8, 4) is 0 Å². The van der Waals surface area contributed by atoms with Crippen molar-refractivity contribution in [1.29, 1.82) is 0 Å². The number of aliphatic carboxylic acids is 2. The Bertz CT molecular complexity index is 2050. The summed E-state index contributed by atoms with van der Waals surface area (Å²) in [5.41, 5.74) is 0.00997. The summed E-state index contributed by atoms with van der Waals surface area (Å²) >= 11 is 1.26. The molecule has 3 fully saturated rings. The number of aromatic nitrogens is 1. The second-order valence-electron chi connectivity index (χ2n) is 12.7. The van der Waals surface area contributed by atoms with Crippen LogP contribution in [0.4, 0.5) is 10.1 Å². The SMILES string of the molecule is O=C([O-])C1=C(CN2CCN(c3cc4c(cc3F)c(=O)c(C(=O)O)cn4C3CC3)CC2)CS[C@@H]2[C@H](NC(=O)C(C(=O)O)c3ccccc3)C(=O)N12.[Na+]. The number of nitrogens with zero attached hydrogens (tertiary/aromatic N) is 4. The van der Waals surface area contributed by atoms with Crippen molar-refractivity contribution in [3.05, 3.63) is 87.1 Å². The number of nitrogens with one attached hydrogen (secondary N) is 1. The van der Waals surface area contributed by atoms with E-state index in [9.17, 15) is 44.1 Å². The maximum atomic E-state index is 15.5. The van der Waals surface area contributed by atoms with Crippen molar-refractivity contribution >= 4 is 58.1 Å². The van der Waals surface area contributed by atoms with Crippen molar-refractivity contribution in [2.75, 3.05) is 43.4 Å². The Balaban J connectivity index is 0.00000448. The van der Waals surface area contributed by atoms with Gasteiger partial charge in [0.1, 0.15) is 22.8 Å². The molecule has 51 heavy (non-hydrogen) atoms. The third kappa shape index (κ3) is 6.78. The van der Waals surface area contributed by atoms with Gasteiger partial charge in [-0.1, -0.05) is 30.3 Å². The number of rotatable bonds is 10. The van der Waals surface area contributed by atoms with E-state index in [0.717, 1.165) is 23.8 Å². The Morgan fingerprint density at radius 2 is 1.71 bits per heavy atom. The maximum Gasteiger partial charge on any atom is 1.00 e. The average Bonchev–Trinajstić information content (AvgIpc) is 3.93. The van der Waals surface area contributed by atoms with Crippen LogP contribution in [0.5, 0.6) is 0 Å². The number of carbonyl (C=O) groups is 5. The number of hydrogen-bond donors (Lipinski definition) is 3. The normalized spacial score (nSPS) is 21.0. The van der Waals surface area contributed by atoms with Crippen LogP contribution in [-0.2, 0) is 19.2 Å². The van der Waals surface area contributed by atoms with Gasteiger partial charge in [-0.15, -0.1) is 11.8 Å². The van der Waals surface area contributed by atoms with E-state index >= 15 is 4.39 Å². The van der Waals surface area contributed by atoms with Gasteiger partial charge < -0.3 is 34.9 Å². The number of fused-ring (bicyclic) bond motifs is 2. The number of amides is 2. The first-order valence-corrected chi connectivity index (χ1v) is 17.0. The van der Waals surface area contributed by atoms with Crippen LogP contribution in [0.1, 0.15) is 40.7 Å². The first-order chi connectivity index (χ1) is 23.9. The topological polar surface area (TPSA) is 193 Å².